The van der Waals surface area contributed by atoms with Crippen LogP contribution in [-0.4, -0.2) is 38.0 Å². The Kier molecular flexibility index (Phi) is 9.80. The second-order valence-corrected chi connectivity index (χ2v) is 5.63. The van der Waals surface area contributed by atoms with Crippen molar-refractivity contribution in [3.63, 3.8) is 0 Å². The minimum Gasteiger partial charge on any atom is -0.497 e. The van der Waals surface area contributed by atoms with Gasteiger partial charge in [-0.3, -0.25) is 4.79 Å². The number of hydrogen-bond acceptors (Lipinski definition) is 5. The molecular weight excluding hydrogens is 308 g/mol. The van der Waals surface area contributed by atoms with Crippen LogP contribution in [0.5, 0.6) is 5.75 Å². The normalized spacial score (nSPS) is 13.7. The molecule has 0 aliphatic rings. The van der Waals surface area contributed by atoms with Crippen molar-refractivity contribution in [2.24, 2.45) is 5.92 Å². The Balaban J connectivity index is 2.09. The number of carbonyl (C=O) groups excluding carboxylic acids is 1. The standard InChI is InChI=1S/C19H28O5/c1-15(19(21)23-3)18(20)8-6-4-5-7-13-24-14-16-9-11-17(22-2)12-10-16/h4,6,9-12,15,18,20H,5,7-8,13-14H2,1-3H3/b6-4-/t15-,18-/m0/s1. The third kappa shape index (κ3) is 7.62. The molecule has 24 heavy (non-hydrogen) atoms. The molecule has 1 rings (SSSR count). The van der Waals surface area contributed by atoms with Gasteiger partial charge in [-0.25, -0.2) is 0 Å². The number of esters is 1. The number of aliphatic hydroxyl groups is 1. The molecular formula is C19H28O5. The molecule has 134 valence electrons. The summed E-state index contributed by atoms with van der Waals surface area (Å²) < 4.78 is 15.3. The van der Waals surface area contributed by atoms with E-state index >= 15 is 0 Å². The van der Waals surface area contributed by atoms with Crippen molar-refractivity contribution in [3.8, 4) is 5.75 Å². The van der Waals surface area contributed by atoms with Crippen LogP contribution in [0, 0.1) is 5.92 Å². The van der Waals surface area contributed by atoms with E-state index in [1.165, 1.54) is 7.11 Å². The van der Waals surface area contributed by atoms with Gasteiger partial charge in [-0.15, -0.1) is 0 Å². The molecule has 0 unspecified atom stereocenters. The molecule has 0 bridgehead atoms. The summed E-state index contributed by atoms with van der Waals surface area (Å²) in [5.41, 5.74) is 1.12. The summed E-state index contributed by atoms with van der Waals surface area (Å²) in [6, 6.07) is 7.81. The second kappa shape index (κ2) is 11.6. The smallest absolute Gasteiger partial charge is 0.311 e. The molecule has 0 radical (unpaired) electrons. The van der Waals surface area contributed by atoms with Crippen LogP contribution in [0.2, 0.25) is 0 Å². The van der Waals surface area contributed by atoms with Gasteiger partial charge < -0.3 is 19.3 Å². The predicted molar refractivity (Wildman–Crippen MR) is 92.8 cm³/mol. The number of allylic oxidation sites excluding steroid dienone is 1. The molecule has 0 spiro atoms. The number of hydrogen-bond donors (Lipinski definition) is 1. The van der Waals surface area contributed by atoms with Crippen LogP contribution >= 0.6 is 0 Å². The molecule has 0 aromatic heterocycles. The van der Waals surface area contributed by atoms with E-state index in [4.69, 9.17) is 9.47 Å². The van der Waals surface area contributed by atoms with E-state index in [-0.39, 0.29) is 5.97 Å². The average molecular weight is 336 g/mol. The van der Waals surface area contributed by atoms with Crippen LogP contribution in [0.4, 0.5) is 0 Å². The molecule has 0 saturated heterocycles. The summed E-state index contributed by atoms with van der Waals surface area (Å²) in [6.07, 6.45) is 5.43. The molecule has 1 aromatic rings. The molecule has 0 saturated carbocycles. The predicted octanol–water partition coefficient (Wildman–Crippen LogP) is 3.11. The number of ether oxygens (including phenoxy) is 3. The van der Waals surface area contributed by atoms with E-state index in [0.29, 0.717) is 19.6 Å². The van der Waals surface area contributed by atoms with Gasteiger partial charge in [-0.2, -0.15) is 0 Å². The Labute approximate surface area is 144 Å². The maximum absolute atomic E-state index is 11.3. The summed E-state index contributed by atoms with van der Waals surface area (Å²) in [4.78, 5) is 11.3. The molecule has 1 aromatic carbocycles. The summed E-state index contributed by atoms with van der Waals surface area (Å²) in [5, 5.41) is 9.84. The van der Waals surface area contributed by atoms with Gasteiger partial charge in [0.15, 0.2) is 0 Å². The summed E-state index contributed by atoms with van der Waals surface area (Å²) in [6.45, 7) is 2.93. The Morgan fingerprint density at radius 1 is 1.21 bits per heavy atom. The van der Waals surface area contributed by atoms with Crippen molar-refractivity contribution in [1.82, 2.24) is 0 Å². The van der Waals surface area contributed by atoms with Crippen LogP contribution in [0.3, 0.4) is 0 Å². The van der Waals surface area contributed by atoms with Gasteiger partial charge in [0.1, 0.15) is 5.75 Å². The van der Waals surface area contributed by atoms with Crippen molar-refractivity contribution < 1.29 is 24.1 Å². The van der Waals surface area contributed by atoms with Crippen LogP contribution in [0.25, 0.3) is 0 Å². The van der Waals surface area contributed by atoms with Gasteiger partial charge in [0.05, 0.1) is 32.8 Å². The van der Waals surface area contributed by atoms with Crippen molar-refractivity contribution in [2.45, 2.75) is 38.9 Å². The lowest BCUT2D eigenvalue weighted by atomic mass is 10.0. The third-order valence-electron chi connectivity index (χ3n) is 3.78. The highest BCUT2D eigenvalue weighted by Gasteiger charge is 2.21. The molecule has 0 fully saturated rings. The number of rotatable bonds is 11. The molecule has 1 N–H and O–H groups in total. The lowest BCUT2D eigenvalue weighted by molar-refractivity contribution is -0.148. The van der Waals surface area contributed by atoms with E-state index in [1.54, 1.807) is 14.0 Å². The maximum Gasteiger partial charge on any atom is 0.311 e. The molecule has 2 atom stereocenters. The van der Waals surface area contributed by atoms with E-state index in [2.05, 4.69) is 4.74 Å². The first-order chi connectivity index (χ1) is 11.6. The molecule has 5 nitrogen and oxygen atoms in total. The Morgan fingerprint density at radius 2 is 1.92 bits per heavy atom. The Morgan fingerprint density at radius 3 is 2.54 bits per heavy atom. The van der Waals surface area contributed by atoms with Gasteiger partial charge in [0.25, 0.3) is 0 Å². The summed E-state index contributed by atoms with van der Waals surface area (Å²) >= 11 is 0. The zero-order valence-corrected chi connectivity index (χ0v) is 14.7. The van der Waals surface area contributed by atoms with E-state index in [0.717, 1.165) is 24.2 Å². The van der Waals surface area contributed by atoms with Crippen molar-refractivity contribution in [2.75, 3.05) is 20.8 Å². The topological polar surface area (TPSA) is 65.0 Å². The second-order valence-electron chi connectivity index (χ2n) is 5.63. The number of unbranched alkanes of at least 4 members (excludes halogenated alkanes) is 1. The molecule has 0 heterocycles. The summed E-state index contributed by atoms with van der Waals surface area (Å²) in [7, 11) is 2.97. The largest absolute Gasteiger partial charge is 0.497 e. The fraction of sp³-hybridized carbons (Fsp3) is 0.526. The number of carbonyl (C=O) groups is 1. The lowest BCUT2D eigenvalue weighted by Crippen LogP contribution is -2.26. The van der Waals surface area contributed by atoms with Crippen molar-refractivity contribution in [3.05, 3.63) is 42.0 Å². The SMILES string of the molecule is COC(=O)[C@@H](C)[C@@H](O)C/C=C\CCCOCc1ccc(OC)cc1. The van der Waals surface area contributed by atoms with Crippen LogP contribution in [0.15, 0.2) is 36.4 Å². The molecule has 5 heteroatoms. The van der Waals surface area contributed by atoms with E-state index < -0.39 is 12.0 Å². The molecule has 0 aliphatic carbocycles. The molecule has 0 aliphatic heterocycles. The third-order valence-corrected chi connectivity index (χ3v) is 3.78. The van der Waals surface area contributed by atoms with Crippen LogP contribution in [0.1, 0.15) is 31.7 Å². The van der Waals surface area contributed by atoms with Gasteiger partial charge in [0, 0.05) is 6.61 Å². The highest BCUT2D eigenvalue weighted by molar-refractivity contribution is 5.72. The van der Waals surface area contributed by atoms with Crippen LogP contribution < -0.4 is 4.74 Å². The number of aliphatic hydroxyl groups excluding tert-OH is 1. The summed E-state index contributed by atoms with van der Waals surface area (Å²) in [5.74, 6) is -0.0529. The number of benzene rings is 1. The fourth-order valence-corrected chi connectivity index (χ4v) is 2.12. The minimum absolute atomic E-state index is 0.386. The Hall–Kier alpha value is -1.85. The van der Waals surface area contributed by atoms with Gasteiger partial charge >= 0.3 is 5.97 Å². The van der Waals surface area contributed by atoms with Gasteiger partial charge in [0.2, 0.25) is 0 Å². The first-order valence-electron chi connectivity index (χ1n) is 8.20. The van der Waals surface area contributed by atoms with E-state index in [1.807, 2.05) is 36.4 Å². The lowest BCUT2D eigenvalue weighted by Gasteiger charge is -2.14. The quantitative estimate of drug-likeness (QED) is 0.382. The first kappa shape index (κ1) is 20.2. The monoisotopic (exact) mass is 336 g/mol. The highest BCUT2D eigenvalue weighted by atomic mass is 16.5. The van der Waals surface area contributed by atoms with Crippen molar-refractivity contribution in [1.29, 1.82) is 0 Å². The first-order valence-corrected chi connectivity index (χ1v) is 8.20. The minimum atomic E-state index is -0.708. The van der Waals surface area contributed by atoms with Gasteiger partial charge in [-0.05, 0) is 43.9 Å². The van der Waals surface area contributed by atoms with E-state index in [9.17, 15) is 9.90 Å². The Bertz CT molecular complexity index is 495. The van der Waals surface area contributed by atoms with Crippen molar-refractivity contribution >= 4 is 5.97 Å². The molecule has 0 amide bonds. The maximum atomic E-state index is 11.3. The average Bonchev–Trinajstić information content (AvgIpc) is 2.62. The number of methoxy groups -OCH3 is 2. The van der Waals surface area contributed by atoms with Gasteiger partial charge in [-0.1, -0.05) is 24.3 Å². The fourth-order valence-electron chi connectivity index (χ4n) is 2.12. The zero-order valence-electron chi connectivity index (χ0n) is 14.7. The van der Waals surface area contributed by atoms with Crippen LogP contribution in [-0.2, 0) is 20.9 Å². The zero-order chi connectivity index (χ0) is 17.8. The highest BCUT2D eigenvalue weighted by Crippen LogP contribution is 2.12.